The number of carboxylic acid groups (broad SMARTS) is 1. The number of benzene rings is 2. The Balaban J connectivity index is 2.26. The van der Waals surface area contributed by atoms with E-state index in [0.717, 1.165) is 0 Å². The predicted molar refractivity (Wildman–Crippen MR) is 93.6 cm³/mol. The van der Waals surface area contributed by atoms with Gasteiger partial charge in [-0.1, -0.05) is 48.5 Å². The highest BCUT2D eigenvalue weighted by Gasteiger charge is 2.19. The first-order chi connectivity index (χ1) is 12.0. The standard InChI is InChI=1S/C19H18N2O4/c1-13(19(24)25)20-18(23)16(12-14-8-4-2-5-9-14)21-17(22)15-10-6-3-7-11-15/h2-13H,1H3,(H,20,23)(H,21,22)(H,24,25)/b16-12+. The first-order valence-corrected chi connectivity index (χ1v) is 7.64. The summed E-state index contributed by atoms with van der Waals surface area (Å²) in [6.07, 6.45) is 1.49. The van der Waals surface area contributed by atoms with Gasteiger partial charge in [-0.2, -0.15) is 0 Å². The van der Waals surface area contributed by atoms with Crippen LogP contribution in [-0.4, -0.2) is 28.9 Å². The largest absolute Gasteiger partial charge is 0.480 e. The average molecular weight is 338 g/mol. The van der Waals surface area contributed by atoms with Crippen LogP contribution in [0, 0.1) is 0 Å². The summed E-state index contributed by atoms with van der Waals surface area (Å²) in [5, 5.41) is 13.8. The van der Waals surface area contributed by atoms with E-state index >= 15 is 0 Å². The van der Waals surface area contributed by atoms with Crippen LogP contribution in [-0.2, 0) is 9.59 Å². The number of carbonyl (C=O) groups excluding carboxylic acids is 2. The molecule has 0 aliphatic carbocycles. The van der Waals surface area contributed by atoms with Crippen molar-refractivity contribution in [3.63, 3.8) is 0 Å². The topological polar surface area (TPSA) is 95.5 Å². The Labute approximate surface area is 145 Å². The molecule has 6 heteroatoms. The molecule has 2 amide bonds. The van der Waals surface area contributed by atoms with Gasteiger partial charge in [-0.25, -0.2) is 0 Å². The molecule has 0 saturated carbocycles. The molecule has 0 aliphatic heterocycles. The van der Waals surface area contributed by atoms with E-state index in [-0.39, 0.29) is 5.70 Å². The highest BCUT2D eigenvalue weighted by atomic mass is 16.4. The van der Waals surface area contributed by atoms with Gasteiger partial charge in [-0.3, -0.25) is 14.4 Å². The van der Waals surface area contributed by atoms with Crippen LogP contribution in [0.15, 0.2) is 66.4 Å². The highest BCUT2D eigenvalue weighted by molar-refractivity contribution is 6.06. The molecule has 6 nitrogen and oxygen atoms in total. The number of hydrogen-bond acceptors (Lipinski definition) is 3. The van der Waals surface area contributed by atoms with Gasteiger partial charge >= 0.3 is 5.97 Å². The van der Waals surface area contributed by atoms with Gasteiger partial charge in [-0.15, -0.1) is 0 Å². The first kappa shape index (κ1) is 17.9. The SMILES string of the molecule is CC(NC(=O)/C(=C\c1ccccc1)NC(=O)c1ccccc1)C(=O)O. The van der Waals surface area contributed by atoms with Crippen LogP contribution in [0.5, 0.6) is 0 Å². The Bertz CT molecular complexity index is 786. The summed E-state index contributed by atoms with van der Waals surface area (Å²) < 4.78 is 0. The van der Waals surface area contributed by atoms with Crippen LogP contribution < -0.4 is 10.6 Å². The van der Waals surface area contributed by atoms with Gasteiger partial charge in [0.25, 0.3) is 11.8 Å². The van der Waals surface area contributed by atoms with E-state index in [1.165, 1.54) is 13.0 Å². The van der Waals surface area contributed by atoms with E-state index in [4.69, 9.17) is 5.11 Å². The Morgan fingerprint density at radius 2 is 1.52 bits per heavy atom. The lowest BCUT2D eigenvalue weighted by molar-refractivity contribution is -0.140. The summed E-state index contributed by atoms with van der Waals surface area (Å²) >= 11 is 0. The number of rotatable bonds is 6. The number of nitrogens with one attached hydrogen (secondary N) is 2. The van der Waals surface area contributed by atoms with Crippen molar-refractivity contribution in [3.8, 4) is 0 Å². The molecule has 2 rings (SSSR count). The molecule has 0 spiro atoms. The zero-order valence-corrected chi connectivity index (χ0v) is 13.6. The van der Waals surface area contributed by atoms with Gasteiger partial charge in [0, 0.05) is 5.56 Å². The Morgan fingerprint density at radius 3 is 2.08 bits per heavy atom. The zero-order chi connectivity index (χ0) is 18.2. The zero-order valence-electron chi connectivity index (χ0n) is 13.6. The normalized spacial score (nSPS) is 12.1. The maximum Gasteiger partial charge on any atom is 0.325 e. The third-order valence-electron chi connectivity index (χ3n) is 3.36. The van der Waals surface area contributed by atoms with Gasteiger partial charge in [0.1, 0.15) is 11.7 Å². The second kappa shape index (κ2) is 8.44. The Hall–Kier alpha value is -3.41. The van der Waals surface area contributed by atoms with Crippen molar-refractivity contribution in [3.05, 3.63) is 77.5 Å². The maximum absolute atomic E-state index is 12.4. The van der Waals surface area contributed by atoms with Crippen molar-refractivity contribution >= 4 is 23.9 Å². The van der Waals surface area contributed by atoms with E-state index in [9.17, 15) is 14.4 Å². The molecule has 1 unspecified atom stereocenters. The molecule has 1 atom stereocenters. The third-order valence-corrected chi connectivity index (χ3v) is 3.36. The Kier molecular flexibility index (Phi) is 6.06. The summed E-state index contributed by atoms with van der Waals surface area (Å²) in [4.78, 5) is 35.6. The molecule has 0 heterocycles. The number of aliphatic carboxylic acids is 1. The molecule has 25 heavy (non-hydrogen) atoms. The minimum absolute atomic E-state index is 0.0341. The quantitative estimate of drug-likeness (QED) is 0.703. The monoisotopic (exact) mass is 338 g/mol. The second-order valence-corrected chi connectivity index (χ2v) is 5.32. The van der Waals surface area contributed by atoms with Crippen molar-refractivity contribution in [1.82, 2.24) is 10.6 Å². The van der Waals surface area contributed by atoms with Crippen molar-refractivity contribution in [1.29, 1.82) is 0 Å². The van der Waals surface area contributed by atoms with Gasteiger partial charge in [0.2, 0.25) is 0 Å². The van der Waals surface area contributed by atoms with Gasteiger partial charge in [-0.05, 0) is 30.7 Å². The minimum Gasteiger partial charge on any atom is -0.480 e. The number of carboxylic acids is 1. The molecular formula is C19H18N2O4. The average Bonchev–Trinajstić information content (AvgIpc) is 2.62. The molecule has 3 N–H and O–H groups in total. The van der Waals surface area contributed by atoms with Crippen LogP contribution in [0.3, 0.4) is 0 Å². The molecule has 0 fully saturated rings. The van der Waals surface area contributed by atoms with Crippen LogP contribution in [0.2, 0.25) is 0 Å². The summed E-state index contributed by atoms with van der Waals surface area (Å²) in [5.74, 6) is -2.30. The van der Waals surface area contributed by atoms with Crippen LogP contribution in [0.1, 0.15) is 22.8 Å². The Morgan fingerprint density at radius 1 is 0.960 bits per heavy atom. The highest BCUT2D eigenvalue weighted by Crippen LogP contribution is 2.07. The fourth-order valence-corrected chi connectivity index (χ4v) is 1.99. The summed E-state index contributed by atoms with van der Waals surface area (Å²) in [6.45, 7) is 1.35. The lowest BCUT2D eigenvalue weighted by Crippen LogP contribution is -2.42. The van der Waals surface area contributed by atoms with Crippen LogP contribution in [0.25, 0.3) is 6.08 Å². The van der Waals surface area contributed by atoms with Gasteiger partial charge < -0.3 is 15.7 Å². The number of amides is 2. The van der Waals surface area contributed by atoms with Crippen molar-refractivity contribution < 1.29 is 19.5 Å². The van der Waals surface area contributed by atoms with Crippen molar-refractivity contribution in [2.24, 2.45) is 0 Å². The van der Waals surface area contributed by atoms with Crippen LogP contribution >= 0.6 is 0 Å². The molecule has 0 bridgehead atoms. The molecule has 0 radical (unpaired) electrons. The number of hydrogen-bond donors (Lipinski definition) is 3. The van der Waals surface area contributed by atoms with E-state index in [2.05, 4.69) is 10.6 Å². The molecular weight excluding hydrogens is 320 g/mol. The van der Waals surface area contributed by atoms with E-state index in [1.807, 2.05) is 6.07 Å². The van der Waals surface area contributed by atoms with E-state index in [0.29, 0.717) is 11.1 Å². The second-order valence-electron chi connectivity index (χ2n) is 5.32. The van der Waals surface area contributed by atoms with Crippen LogP contribution in [0.4, 0.5) is 0 Å². The van der Waals surface area contributed by atoms with Crippen molar-refractivity contribution in [2.45, 2.75) is 13.0 Å². The molecule has 128 valence electrons. The third kappa shape index (κ3) is 5.31. The predicted octanol–water partition coefficient (Wildman–Crippen LogP) is 2.05. The van der Waals surface area contributed by atoms with Gasteiger partial charge in [0.15, 0.2) is 0 Å². The summed E-state index contributed by atoms with van der Waals surface area (Å²) in [5.41, 5.74) is 1.05. The lowest BCUT2D eigenvalue weighted by Gasteiger charge is -2.13. The fraction of sp³-hybridized carbons (Fsp3) is 0.105. The lowest BCUT2D eigenvalue weighted by atomic mass is 10.1. The smallest absolute Gasteiger partial charge is 0.325 e. The van der Waals surface area contributed by atoms with Crippen molar-refractivity contribution in [2.75, 3.05) is 0 Å². The molecule has 0 aliphatic rings. The fourth-order valence-electron chi connectivity index (χ4n) is 1.99. The first-order valence-electron chi connectivity index (χ1n) is 7.64. The molecule has 2 aromatic carbocycles. The summed E-state index contributed by atoms with van der Waals surface area (Å²) in [6, 6.07) is 16.3. The molecule has 0 saturated heterocycles. The van der Waals surface area contributed by atoms with Gasteiger partial charge in [0.05, 0.1) is 0 Å². The summed E-state index contributed by atoms with van der Waals surface area (Å²) in [7, 11) is 0. The number of carbonyl (C=O) groups is 3. The molecule has 0 aromatic heterocycles. The maximum atomic E-state index is 12.4. The minimum atomic E-state index is -1.17. The van der Waals surface area contributed by atoms with E-state index < -0.39 is 23.8 Å². The molecule has 2 aromatic rings. The van der Waals surface area contributed by atoms with E-state index in [1.54, 1.807) is 54.6 Å².